The summed E-state index contributed by atoms with van der Waals surface area (Å²) in [6, 6.07) is 13.8. The molecule has 0 aliphatic heterocycles. The van der Waals surface area contributed by atoms with Crippen molar-refractivity contribution in [3.8, 4) is 22.6 Å². The molecule has 172 valence electrons. The molecule has 4 aromatic rings. The molecule has 1 atom stereocenters. The molecule has 4 rings (SSSR count). The number of aromatic nitrogens is 3. The van der Waals surface area contributed by atoms with Crippen molar-refractivity contribution in [2.24, 2.45) is 0 Å². The number of amides is 1. The first kappa shape index (κ1) is 22.7. The Labute approximate surface area is 191 Å². The predicted octanol–water partition coefficient (Wildman–Crippen LogP) is 3.40. The Morgan fingerprint density at radius 2 is 1.85 bits per heavy atom. The summed E-state index contributed by atoms with van der Waals surface area (Å²) in [7, 11) is -3.55. The smallest absolute Gasteiger partial charge is 0.233 e. The van der Waals surface area contributed by atoms with Gasteiger partial charge >= 0.3 is 0 Å². The van der Waals surface area contributed by atoms with Gasteiger partial charge in [0.1, 0.15) is 6.26 Å². The van der Waals surface area contributed by atoms with E-state index in [1.54, 1.807) is 10.9 Å². The van der Waals surface area contributed by atoms with Crippen molar-refractivity contribution in [1.29, 1.82) is 0 Å². The molecule has 0 bridgehead atoms. The monoisotopic (exact) mass is 468 g/mol. The molecule has 2 heterocycles. The van der Waals surface area contributed by atoms with E-state index in [1.165, 1.54) is 13.2 Å². The van der Waals surface area contributed by atoms with Crippen molar-refractivity contribution in [3.63, 3.8) is 0 Å². The first-order chi connectivity index (χ1) is 15.7. The second-order valence-electron chi connectivity index (χ2n) is 8.26. The summed E-state index contributed by atoms with van der Waals surface area (Å²) >= 11 is 0. The van der Waals surface area contributed by atoms with Gasteiger partial charge in [0.2, 0.25) is 12.3 Å². The van der Waals surface area contributed by atoms with Crippen molar-refractivity contribution in [3.05, 3.63) is 61.1 Å². The van der Waals surface area contributed by atoms with Crippen LogP contribution in [0, 0.1) is 0 Å². The van der Waals surface area contributed by atoms with Gasteiger partial charge < -0.3 is 4.42 Å². The minimum atomic E-state index is -3.55. The number of benzene rings is 2. The minimum Gasteiger partial charge on any atom is -0.445 e. The highest BCUT2D eigenvalue weighted by Crippen LogP contribution is 2.27. The third-order valence-electron chi connectivity index (χ3n) is 5.83. The number of hydrogen-bond acceptors (Lipinski definition) is 7. The lowest BCUT2D eigenvalue weighted by Gasteiger charge is -2.29. The van der Waals surface area contributed by atoms with Crippen molar-refractivity contribution < 1.29 is 22.8 Å². The van der Waals surface area contributed by atoms with Crippen LogP contribution in [-0.2, 0) is 21.2 Å². The number of hydroxylamine groups is 2. The second-order valence-corrected chi connectivity index (χ2v) is 10.8. The molecule has 1 amide bonds. The first-order valence-corrected chi connectivity index (χ1v) is 12.2. The lowest BCUT2D eigenvalue weighted by atomic mass is 10.0. The molecule has 0 saturated carbocycles. The van der Waals surface area contributed by atoms with Crippen LogP contribution in [-0.4, -0.2) is 57.4 Å². The maximum absolute atomic E-state index is 12.3. The van der Waals surface area contributed by atoms with Gasteiger partial charge in [0.05, 0.1) is 23.0 Å². The highest BCUT2D eigenvalue weighted by molar-refractivity contribution is 7.92. The maximum atomic E-state index is 12.3. The average Bonchev–Trinajstić information content (AvgIpc) is 3.46. The summed E-state index contributed by atoms with van der Waals surface area (Å²) in [5, 5.41) is 15.4. The molecule has 0 radical (unpaired) electrons. The van der Waals surface area contributed by atoms with Gasteiger partial charge in [-0.15, -0.1) is 0 Å². The van der Waals surface area contributed by atoms with Crippen molar-refractivity contribution in [2.45, 2.75) is 24.6 Å². The standard InChI is InChI=1S/C23H24N4O5S/c1-23(33(2,30)31,15-27(29)16-28)9-11-26-14-20-13-19(7-8-21(20)25-26)17-3-5-18(6-4-17)22-24-10-12-32-22/h3-8,10,12-14,16,29H,9,11,15H2,1-2H3/t23-/m0/s1. The third-order valence-corrected chi connectivity index (χ3v) is 7.96. The molecule has 2 aromatic carbocycles. The number of rotatable bonds is 9. The van der Waals surface area contributed by atoms with E-state index in [2.05, 4.69) is 10.1 Å². The van der Waals surface area contributed by atoms with E-state index in [1.807, 2.05) is 48.7 Å². The SMILES string of the molecule is C[C@](CCn1cc2cc(-c3ccc(-c4ncco4)cc3)ccc2n1)(CN(O)C=O)S(C)(=O)=O. The normalized spacial score (nSPS) is 13.7. The van der Waals surface area contributed by atoms with E-state index in [4.69, 9.17) is 4.42 Å². The van der Waals surface area contributed by atoms with Gasteiger partial charge in [-0.1, -0.05) is 18.2 Å². The number of oxazole rings is 1. The van der Waals surface area contributed by atoms with Crippen LogP contribution in [0.25, 0.3) is 33.5 Å². The van der Waals surface area contributed by atoms with Crippen LogP contribution < -0.4 is 0 Å². The van der Waals surface area contributed by atoms with Crippen LogP contribution in [0.1, 0.15) is 13.3 Å². The van der Waals surface area contributed by atoms with E-state index >= 15 is 0 Å². The zero-order valence-corrected chi connectivity index (χ0v) is 19.1. The highest BCUT2D eigenvalue weighted by Gasteiger charge is 2.37. The Hall–Kier alpha value is -3.50. The molecule has 9 nitrogen and oxygen atoms in total. The van der Waals surface area contributed by atoms with Gasteiger partial charge in [0, 0.05) is 29.9 Å². The molecule has 0 aliphatic rings. The van der Waals surface area contributed by atoms with Gasteiger partial charge in [0.15, 0.2) is 9.84 Å². The third kappa shape index (κ3) is 4.81. The van der Waals surface area contributed by atoms with Gasteiger partial charge in [-0.3, -0.25) is 14.7 Å². The van der Waals surface area contributed by atoms with Crippen molar-refractivity contribution in [2.75, 3.05) is 12.8 Å². The fourth-order valence-electron chi connectivity index (χ4n) is 3.65. The van der Waals surface area contributed by atoms with E-state index in [0.29, 0.717) is 17.5 Å². The quantitative estimate of drug-likeness (QED) is 0.227. The molecule has 0 saturated heterocycles. The van der Waals surface area contributed by atoms with E-state index < -0.39 is 14.6 Å². The molecule has 33 heavy (non-hydrogen) atoms. The first-order valence-electron chi connectivity index (χ1n) is 10.3. The minimum absolute atomic E-state index is 0.180. The number of aryl methyl sites for hydroxylation is 1. The number of hydrogen-bond donors (Lipinski definition) is 1. The van der Waals surface area contributed by atoms with Gasteiger partial charge in [-0.05, 0) is 48.7 Å². The number of carbonyl (C=O) groups excluding carboxylic acids is 1. The fourth-order valence-corrected chi connectivity index (χ4v) is 4.48. The summed E-state index contributed by atoms with van der Waals surface area (Å²) in [6.45, 7) is 1.51. The van der Waals surface area contributed by atoms with E-state index in [0.717, 1.165) is 33.8 Å². The summed E-state index contributed by atoms with van der Waals surface area (Å²) in [4.78, 5) is 14.9. The van der Waals surface area contributed by atoms with Gasteiger partial charge in [-0.25, -0.2) is 18.5 Å². The molecule has 0 fully saturated rings. The topological polar surface area (TPSA) is 119 Å². The predicted molar refractivity (Wildman–Crippen MR) is 123 cm³/mol. The molecule has 2 aromatic heterocycles. The average molecular weight is 469 g/mol. The molecule has 0 aliphatic carbocycles. The maximum Gasteiger partial charge on any atom is 0.233 e. The lowest BCUT2D eigenvalue weighted by Crippen LogP contribution is -2.45. The summed E-state index contributed by atoms with van der Waals surface area (Å²) in [5.41, 5.74) is 3.72. The van der Waals surface area contributed by atoms with Crippen molar-refractivity contribution >= 4 is 27.2 Å². The summed E-state index contributed by atoms with van der Waals surface area (Å²) < 4.78 is 30.3. The van der Waals surface area contributed by atoms with Gasteiger partial charge in [-0.2, -0.15) is 5.10 Å². The summed E-state index contributed by atoms with van der Waals surface area (Å²) in [5.74, 6) is 0.567. The largest absolute Gasteiger partial charge is 0.445 e. The van der Waals surface area contributed by atoms with Crippen LogP contribution in [0.5, 0.6) is 0 Å². The molecule has 10 heteroatoms. The molecular weight excluding hydrogens is 444 g/mol. The zero-order chi connectivity index (χ0) is 23.6. The Kier molecular flexibility index (Phi) is 6.05. The van der Waals surface area contributed by atoms with Crippen LogP contribution in [0.15, 0.2) is 65.5 Å². The molecule has 1 N–H and O–H groups in total. The van der Waals surface area contributed by atoms with E-state index in [9.17, 15) is 18.4 Å². The number of sulfone groups is 1. The fraction of sp³-hybridized carbons (Fsp3) is 0.261. The summed E-state index contributed by atoms with van der Waals surface area (Å²) in [6.07, 6.45) is 6.49. The molecule has 0 spiro atoms. The van der Waals surface area contributed by atoms with Crippen LogP contribution >= 0.6 is 0 Å². The number of carbonyl (C=O) groups is 1. The van der Waals surface area contributed by atoms with Crippen LogP contribution in [0.2, 0.25) is 0 Å². The number of nitrogens with zero attached hydrogens (tertiary/aromatic N) is 4. The lowest BCUT2D eigenvalue weighted by molar-refractivity contribution is -0.151. The molecule has 0 unspecified atom stereocenters. The zero-order valence-electron chi connectivity index (χ0n) is 18.2. The van der Waals surface area contributed by atoms with Crippen molar-refractivity contribution in [1.82, 2.24) is 19.8 Å². The Morgan fingerprint density at radius 3 is 2.48 bits per heavy atom. The number of fused-ring (bicyclic) bond motifs is 1. The highest BCUT2D eigenvalue weighted by atomic mass is 32.2. The molecular formula is C23H24N4O5S. The Balaban J connectivity index is 1.54. The Bertz CT molecular complexity index is 1360. The van der Waals surface area contributed by atoms with Crippen LogP contribution in [0.4, 0.5) is 0 Å². The van der Waals surface area contributed by atoms with Gasteiger partial charge in [0.25, 0.3) is 0 Å². The second kappa shape index (κ2) is 8.80. The van der Waals surface area contributed by atoms with Crippen LogP contribution in [0.3, 0.4) is 0 Å². The van der Waals surface area contributed by atoms with E-state index in [-0.39, 0.29) is 19.4 Å². The Morgan fingerprint density at radius 1 is 1.15 bits per heavy atom.